The Hall–Kier alpha value is -2.58. The summed E-state index contributed by atoms with van der Waals surface area (Å²) in [5.74, 6) is -0.381. The summed E-state index contributed by atoms with van der Waals surface area (Å²) in [6.07, 6.45) is 0.342. The lowest BCUT2D eigenvalue weighted by atomic mass is 9.96. The van der Waals surface area contributed by atoms with Gasteiger partial charge in [-0.1, -0.05) is 29.3 Å². The quantitative estimate of drug-likeness (QED) is 0.615. The molecular weight excluding hydrogens is 454 g/mol. The molecule has 0 bridgehead atoms. The van der Waals surface area contributed by atoms with Crippen molar-refractivity contribution >= 4 is 46.9 Å². The van der Waals surface area contributed by atoms with Crippen LogP contribution in [0, 0.1) is 5.92 Å². The molecule has 1 aromatic heterocycles. The Morgan fingerprint density at radius 1 is 1.13 bits per heavy atom. The van der Waals surface area contributed by atoms with Gasteiger partial charge in [-0.25, -0.2) is 4.98 Å². The molecule has 3 rings (SSSR count). The van der Waals surface area contributed by atoms with Crippen LogP contribution in [0.15, 0.2) is 42.6 Å². The number of rotatable bonds is 4. The van der Waals surface area contributed by atoms with E-state index in [2.05, 4.69) is 10.3 Å². The second kappa shape index (κ2) is 9.70. The number of nitrogens with one attached hydrogen (secondary N) is 1. The SMILES string of the molecule is O=C(Nc1ccc(Cl)cn1)C1CCN(C(=O)C=Cc2ccc(Cl)c(C(F)(F)F)c2)CC1. The van der Waals surface area contributed by atoms with Crippen molar-refractivity contribution in [3.8, 4) is 0 Å². The number of likely N-dealkylation sites (tertiary alicyclic amines) is 1. The lowest BCUT2D eigenvalue weighted by Gasteiger charge is -2.30. The van der Waals surface area contributed by atoms with Crippen molar-refractivity contribution in [2.45, 2.75) is 19.0 Å². The van der Waals surface area contributed by atoms with Crippen LogP contribution in [0.1, 0.15) is 24.0 Å². The monoisotopic (exact) mass is 471 g/mol. The van der Waals surface area contributed by atoms with Gasteiger partial charge in [0, 0.05) is 31.3 Å². The first-order chi connectivity index (χ1) is 14.6. The van der Waals surface area contributed by atoms with E-state index in [1.54, 1.807) is 17.0 Å². The predicted octanol–water partition coefficient (Wildman–Crippen LogP) is 5.30. The zero-order valence-corrected chi connectivity index (χ0v) is 17.6. The standard InChI is InChI=1S/C21H18Cl2F3N3O2/c22-15-3-5-18(27-12-15)28-20(31)14-7-9-29(10-8-14)19(30)6-2-13-1-4-17(23)16(11-13)21(24,25)26/h1-6,11-12,14H,7-10H2,(H,27,28,31). The van der Waals surface area contributed by atoms with Crippen LogP contribution in [0.2, 0.25) is 10.0 Å². The summed E-state index contributed by atoms with van der Waals surface area (Å²) in [4.78, 5) is 30.3. The van der Waals surface area contributed by atoms with Gasteiger partial charge in [0.05, 0.1) is 15.6 Å². The van der Waals surface area contributed by atoms with E-state index in [9.17, 15) is 22.8 Å². The maximum Gasteiger partial charge on any atom is 0.417 e. The van der Waals surface area contributed by atoms with Crippen molar-refractivity contribution in [3.05, 3.63) is 63.8 Å². The lowest BCUT2D eigenvalue weighted by Crippen LogP contribution is -2.40. The number of amides is 2. The number of carbonyl (C=O) groups excluding carboxylic acids is 2. The van der Waals surface area contributed by atoms with Gasteiger partial charge in [0.25, 0.3) is 0 Å². The van der Waals surface area contributed by atoms with Gasteiger partial charge < -0.3 is 10.2 Å². The van der Waals surface area contributed by atoms with Crippen molar-refractivity contribution in [2.24, 2.45) is 5.92 Å². The molecule has 1 aromatic carbocycles. The topological polar surface area (TPSA) is 62.3 Å². The highest BCUT2D eigenvalue weighted by molar-refractivity contribution is 6.31. The summed E-state index contributed by atoms with van der Waals surface area (Å²) in [5, 5.41) is 2.79. The minimum atomic E-state index is -4.57. The molecule has 2 amide bonds. The molecule has 1 aliphatic heterocycles. The number of nitrogens with zero attached hydrogens (tertiary/aromatic N) is 2. The average molecular weight is 472 g/mol. The maximum absolute atomic E-state index is 12.9. The second-order valence-corrected chi connectivity index (χ2v) is 7.86. The zero-order chi connectivity index (χ0) is 22.6. The van der Waals surface area contributed by atoms with Gasteiger partial charge >= 0.3 is 6.18 Å². The Kier molecular flexibility index (Phi) is 7.23. The number of piperidine rings is 1. The summed E-state index contributed by atoms with van der Waals surface area (Å²) in [6.45, 7) is 0.730. The number of aromatic nitrogens is 1. The molecule has 0 aliphatic carbocycles. The van der Waals surface area contributed by atoms with Crippen LogP contribution in [0.4, 0.5) is 19.0 Å². The fourth-order valence-corrected chi connectivity index (χ4v) is 3.51. The van der Waals surface area contributed by atoms with Gasteiger partial charge in [-0.2, -0.15) is 13.2 Å². The summed E-state index contributed by atoms with van der Waals surface area (Å²) in [6, 6.07) is 6.67. The molecule has 2 heterocycles. The predicted molar refractivity (Wildman–Crippen MR) is 113 cm³/mol. The van der Waals surface area contributed by atoms with E-state index in [0.717, 1.165) is 12.1 Å². The number of carbonyl (C=O) groups is 2. The average Bonchev–Trinajstić information content (AvgIpc) is 2.74. The molecule has 1 fully saturated rings. The number of alkyl halides is 3. The third-order valence-corrected chi connectivity index (χ3v) is 5.42. The van der Waals surface area contributed by atoms with Crippen molar-refractivity contribution in [1.29, 1.82) is 0 Å². The molecular formula is C21H18Cl2F3N3O2. The van der Waals surface area contributed by atoms with Crippen LogP contribution in [0.25, 0.3) is 6.08 Å². The van der Waals surface area contributed by atoms with Crippen LogP contribution in [-0.2, 0) is 15.8 Å². The van der Waals surface area contributed by atoms with E-state index >= 15 is 0 Å². The molecule has 31 heavy (non-hydrogen) atoms. The number of anilines is 1. The van der Waals surface area contributed by atoms with E-state index < -0.39 is 16.8 Å². The van der Waals surface area contributed by atoms with E-state index in [1.807, 2.05) is 0 Å². The van der Waals surface area contributed by atoms with Crippen molar-refractivity contribution < 1.29 is 22.8 Å². The molecule has 5 nitrogen and oxygen atoms in total. The van der Waals surface area contributed by atoms with Gasteiger partial charge in [-0.05, 0) is 48.7 Å². The molecule has 10 heteroatoms. The fraction of sp³-hybridized carbons (Fsp3) is 0.286. The molecule has 0 radical (unpaired) electrons. The Balaban J connectivity index is 1.54. The number of pyridine rings is 1. The fourth-order valence-electron chi connectivity index (χ4n) is 3.18. The van der Waals surface area contributed by atoms with E-state index in [4.69, 9.17) is 23.2 Å². The minimum absolute atomic E-state index is 0.182. The van der Waals surface area contributed by atoms with Crippen molar-refractivity contribution in [3.63, 3.8) is 0 Å². The lowest BCUT2D eigenvalue weighted by molar-refractivity contribution is -0.137. The second-order valence-electron chi connectivity index (χ2n) is 7.02. The Bertz CT molecular complexity index is 986. The largest absolute Gasteiger partial charge is 0.417 e. The Morgan fingerprint density at radius 3 is 2.45 bits per heavy atom. The van der Waals surface area contributed by atoms with Gasteiger partial charge in [-0.3, -0.25) is 9.59 Å². The highest BCUT2D eigenvalue weighted by Gasteiger charge is 2.33. The Labute approximate surface area is 186 Å². The smallest absolute Gasteiger partial charge is 0.339 e. The van der Waals surface area contributed by atoms with E-state index in [1.165, 1.54) is 24.4 Å². The highest BCUT2D eigenvalue weighted by atomic mass is 35.5. The van der Waals surface area contributed by atoms with Gasteiger partial charge in [0.2, 0.25) is 11.8 Å². The maximum atomic E-state index is 12.9. The normalized spacial score (nSPS) is 15.3. The molecule has 0 atom stereocenters. The molecule has 1 saturated heterocycles. The third-order valence-electron chi connectivity index (χ3n) is 4.87. The summed E-state index contributed by atoms with van der Waals surface area (Å²) in [7, 11) is 0. The minimum Gasteiger partial charge on any atom is -0.339 e. The van der Waals surface area contributed by atoms with Crippen LogP contribution in [0.5, 0.6) is 0 Å². The molecule has 0 saturated carbocycles. The number of hydrogen-bond donors (Lipinski definition) is 1. The first kappa shape index (κ1) is 23.1. The van der Waals surface area contributed by atoms with Crippen molar-refractivity contribution in [2.75, 3.05) is 18.4 Å². The number of benzene rings is 1. The van der Waals surface area contributed by atoms with Gasteiger partial charge in [-0.15, -0.1) is 0 Å². The number of hydrogen-bond acceptors (Lipinski definition) is 3. The third kappa shape index (κ3) is 6.21. The summed E-state index contributed by atoms with van der Waals surface area (Å²) in [5.41, 5.74) is -0.736. The molecule has 1 N–H and O–H groups in total. The highest BCUT2D eigenvalue weighted by Crippen LogP contribution is 2.35. The van der Waals surface area contributed by atoms with Crippen LogP contribution < -0.4 is 5.32 Å². The summed E-state index contributed by atoms with van der Waals surface area (Å²) < 4.78 is 38.8. The molecule has 1 aliphatic rings. The van der Waals surface area contributed by atoms with E-state index in [0.29, 0.717) is 36.8 Å². The zero-order valence-electron chi connectivity index (χ0n) is 16.1. The molecule has 0 unspecified atom stereocenters. The summed E-state index contributed by atoms with van der Waals surface area (Å²) >= 11 is 11.4. The van der Waals surface area contributed by atoms with Crippen molar-refractivity contribution in [1.82, 2.24) is 9.88 Å². The first-order valence-corrected chi connectivity index (χ1v) is 10.2. The first-order valence-electron chi connectivity index (χ1n) is 9.39. The Morgan fingerprint density at radius 2 is 1.84 bits per heavy atom. The molecule has 164 valence electrons. The number of halogens is 5. The van der Waals surface area contributed by atoms with Gasteiger partial charge in [0.1, 0.15) is 5.82 Å². The van der Waals surface area contributed by atoms with Gasteiger partial charge in [0.15, 0.2) is 0 Å². The molecule has 2 aromatic rings. The molecule has 0 spiro atoms. The van der Waals surface area contributed by atoms with Crippen LogP contribution in [0.3, 0.4) is 0 Å². The van der Waals surface area contributed by atoms with E-state index in [-0.39, 0.29) is 23.3 Å². The van der Waals surface area contributed by atoms with Crippen LogP contribution in [-0.4, -0.2) is 34.8 Å². The van der Waals surface area contributed by atoms with Crippen LogP contribution >= 0.6 is 23.2 Å².